The van der Waals surface area contributed by atoms with Gasteiger partial charge in [0.25, 0.3) is 0 Å². The van der Waals surface area contributed by atoms with Gasteiger partial charge in [-0.25, -0.2) is 4.79 Å². The molecule has 0 spiro atoms. The van der Waals surface area contributed by atoms with Crippen molar-refractivity contribution in [2.45, 2.75) is 6.04 Å². The SMILES string of the molecule is COC(=O)C1=C(C(=O)c2cccc(OC)c2)[C@@H](c2ccc(Cl)cc2Cl)n2nnnc2N1. The summed E-state index contributed by atoms with van der Waals surface area (Å²) in [6.45, 7) is 0. The normalized spacial score (nSPS) is 15.2. The molecule has 0 saturated heterocycles. The van der Waals surface area contributed by atoms with Crippen molar-refractivity contribution in [3.63, 3.8) is 0 Å². The molecule has 0 aliphatic carbocycles. The van der Waals surface area contributed by atoms with Crippen LogP contribution in [0.2, 0.25) is 10.0 Å². The summed E-state index contributed by atoms with van der Waals surface area (Å²) in [7, 11) is 2.71. The molecule has 2 aromatic carbocycles. The van der Waals surface area contributed by atoms with Crippen LogP contribution in [0.3, 0.4) is 0 Å². The zero-order valence-corrected chi connectivity index (χ0v) is 17.8. The quantitative estimate of drug-likeness (QED) is 0.457. The molecule has 1 aliphatic rings. The van der Waals surface area contributed by atoms with Crippen LogP contribution in [0.25, 0.3) is 0 Å². The molecule has 1 aliphatic heterocycles. The zero-order valence-electron chi connectivity index (χ0n) is 16.3. The molecule has 0 fully saturated rings. The predicted octanol–water partition coefficient (Wildman–Crippen LogP) is 3.31. The Morgan fingerprint density at radius 3 is 2.65 bits per heavy atom. The number of anilines is 1. The van der Waals surface area contributed by atoms with Gasteiger partial charge < -0.3 is 14.8 Å². The van der Waals surface area contributed by atoms with Crippen molar-refractivity contribution in [2.24, 2.45) is 0 Å². The second kappa shape index (κ2) is 8.37. The third-order valence-electron chi connectivity index (χ3n) is 4.74. The molecule has 1 N–H and O–H groups in total. The molecular formula is C20H15Cl2N5O4. The molecule has 31 heavy (non-hydrogen) atoms. The highest BCUT2D eigenvalue weighted by Gasteiger charge is 2.39. The third-order valence-corrected chi connectivity index (χ3v) is 5.30. The van der Waals surface area contributed by atoms with Crippen molar-refractivity contribution in [3.05, 3.63) is 74.9 Å². The highest BCUT2D eigenvalue weighted by molar-refractivity contribution is 6.35. The molecule has 3 aromatic rings. The van der Waals surface area contributed by atoms with E-state index in [2.05, 4.69) is 20.8 Å². The van der Waals surface area contributed by atoms with Gasteiger partial charge in [-0.05, 0) is 34.7 Å². The van der Waals surface area contributed by atoms with Gasteiger partial charge in [-0.3, -0.25) is 4.79 Å². The number of hydrogen-bond acceptors (Lipinski definition) is 8. The maximum absolute atomic E-state index is 13.7. The van der Waals surface area contributed by atoms with Crippen LogP contribution in [0.15, 0.2) is 53.7 Å². The fourth-order valence-electron chi connectivity index (χ4n) is 3.32. The van der Waals surface area contributed by atoms with Gasteiger partial charge in [0.05, 0.1) is 19.8 Å². The molecular weight excluding hydrogens is 445 g/mol. The van der Waals surface area contributed by atoms with E-state index in [4.69, 9.17) is 32.7 Å². The monoisotopic (exact) mass is 459 g/mol. The molecule has 11 heteroatoms. The number of nitrogens with zero attached hydrogens (tertiary/aromatic N) is 4. The number of carbonyl (C=O) groups excluding carboxylic acids is 2. The average molecular weight is 460 g/mol. The number of esters is 1. The van der Waals surface area contributed by atoms with E-state index >= 15 is 0 Å². The molecule has 0 amide bonds. The minimum absolute atomic E-state index is 0.0594. The van der Waals surface area contributed by atoms with E-state index in [-0.39, 0.29) is 22.2 Å². The van der Waals surface area contributed by atoms with Crippen molar-refractivity contribution in [1.29, 1.82) is 0 Å². The average Bonchev–Trinajstić information content (AvgIpc) is 3.25. The largest absolute Gasteiger partial charge is 0.497 e. The Balaban J connectivity index is 1.97. The van der Waals surface area contributed by atoms with Crippen molar-refractivity contribution in [1.82, 2.24) is 20.2 Å². The van der Waals surface area contributed by atoms with Crippen molar-refractivity contribution < 1.29 is 19.1 Å². The second-order valence-corrected chi connectivity index (χ2v) is 7.33. The highest BCUT2D eigenvalue weighted by Crippen LogP contribution is 2.40. The smallest absolute Gasteiger partial charge is 0.355 e. The van der Waals surface area contributed by atoms with Gasteiger partial charge in [0.2, 0.25) is 5.95 Å². The van der Waals surface area contributed by atoms with Crippen molar-refractivity contribution >= 4 is 40.9 Å². The van der Waals surface area contributed by atoms with E-state index < -0.39 is 17.8 Å². The van der Waals surface area contributed by atoms with Crippen LogP contribution in [0.1, 0.15) is 22.0 Å². The summed E-state index contributed by atoms with van der Waals surface area (Å²) >= 11 is 12.5. The summed E-state index contributed by atoms with van der Waals surface area (Å²) < 4.78 is 11.5. The lowest BCUT2D eigenvalue weighted by molar-refractivity contribution is -0.136. The number of methoxy groups -OCH3 is 2. The number of allylic oxidation sites excluding steroid dienone is 1. The molecule has 0 bridgehead atoms. The number of Topliss-reactive ketones (excluding diaryl/α,β-unsaturated/α-hetero) is 1. The lowest BCUT2D eigenvalue weighted by Crippen LogP contribution is -2.33. The lowest BCUT2D eigenvalue weighted by atomic mass is 9.89. The van der Waals surface area contributed by atoms with Crippen molar-refractivity contribution in [3.8, 4) is 5.75 Å². The van der Waals surface area contributed by atoms with Crippen LogP contribution >= 0.6 is 23.2 Å². The minimum atomic E-state index is -0.913. The third kappa shape index (κ3) is 3.73. The van der Waals surface area contributed by atoms with Gasteiger partial charge in [0.15, 0.2) is 5.78 Å². The number of aromatic nitrogens is 4. The van der Waals surface area contributed by atoms with Gasteiger partial charge in [-0.1, -0.05) is 46.5 Å². The fourth-order valence-corrected chi connectivity index (χ4v) is 3.83. The van der Waals surface area contributed by atoms with Crippen molar-refractivity contribution in [2.75, 3.05) is 19.5 Å². The number of carbonyl (C=O) groups is 2. The number of tetrazole rings is 1. The Kier molecular flexibility index (Phi) is 5.62. The number of fused-ring (bicyclic) bond motifs is 1. The fraction of sp³-hybridized carbons (Fsp3) is 0.150. The van der Waals surface area contributed by atoms with Crippen LogP contribution in [0, 0.1) is 0 Å². The number of halogens is 2. The summed E-state index contributed by atoms with van der Waals surface area (Å²) in [4.78, 5) is 26.3. The van der Waals surface area contributed by atoms with E-state index in [1.54, 1.807) is 36.4 Å². The van der Waals surface area contributed by atoms with Gasteiger partial charge >= 0.3 is 5.97 Å². The van der Waals surface area contributed by atoms with E-state index in [0.29, 0.717) is 21.9 Å². The number of benzene rings is 2. The summed E-state index contributed by atoms with van der Waals surface area (Å²) in [5.74, 6) is -0.572. The molecule has 1 atom stereocenters. The molecule has 2 heterocycles. The summed E-state index contributed by atoms with van der Waals surface area (Å²) in [6.07, 6.45) is 0. The minimum Gasteiger partial charge on any atom is -0.497 e. The van der Waals surface area contributed by atoms with E-state index in [1.165, 1.54) is 25.0 Å². The Labute approximate surface area is 186 Å². The molecule has 158 valence electrons. The topological polar surface area (TPSA) is 108 Å². The van der Waals surface area contributed by atoms with Gasteiger partial charge in [0.1, 0.15) is 17.5 Å². The first-order valence-corrected chi connectivity index (χ1v) is 9.71. The van der Waals surface area contributed by atoms with E-state index in [0.717, 1.165) is 0 Å². The lowest BCUT2D eigenvalue weighted by Gasteiger charge is -2.28. The number of ketones is 1. The number of ether oxygens (including phenoxy) is 2. The second-order valence-electron chi connectivity index (χ2n) is 6.48. The Hall–Kier alpha value is -3.43. The molecule has 1 aromatic heterocycles. The van der Waals surface area contributed by atoms with E-state index in [1.807, 2.05) is 0 Å². The molecule has 0 radical (unpaired) electrons. The van der Waals surface area contributed by atoms with Gasteiger partial charge in [0, 0.05) is 21.2 Å². The standard InChI is InChI=1S/C20H15Cl2N5O4/c1-30-12-5-3-4-10(8-12)18(28)15-16(19(29)31-2)23-20-24-25-26-27(20)17(15)13-7-6-11(21)9-14(13)22/h3-9,17H,1-2H3,(H,23,24,26)/t17-/m1/s1. The Morgan fingerprint density at radius 1 is 1.13 bits per heavy atom. The number of rotatable bonds is 5. The predicted molar refractivity (Wildman–Crippen MR) is 112 cm³/mol. The first kappa shape index (κ1) is 20.8. The summed E-state index contributed by atoms with van der Waals surface area (Å²) in [6, 6.07) is 10.5. The maximum Gasteiger partial charge on any atom is 0.355 e. The maximum atomic E-state index is 13.7. The van der Waals surface area contributed by atoms with Crippen LogP contribution in [0.5, 0.6) is 5.75 Å². The number of nitrogens with one attached hydrogen (secondary N) is 1. The summed E-state index contributed by atoms with van der Waals surface area (Å²) in [5, 5.41) is 15.0. The van der Waals surface area contributed by atoms with Crippen LogP contribution in [-0.2, 0) is 9.53 Å². The van der Waals surface area contributed by atoms with Crippen LogP contribution < -0.4 is 10.1 Å². The molecule has 0 saturated carbocycles. The zero-order chi connectivity index (χ0) is 22.1. The first-order valence-electron chi connectivity index (χ1n) is 8.95. The highest BCUT2D eigenvalue weighted by atomic mass is 35.5. The molecule has 4 rings (SSSR count). The molecule has 0 unspecified atom stereocenters. The first-order chi connectivity index (χ1) is 14.9. The van der Waals surface area contributed by atoms with Crippen LogP contribution in [-0.4, -0.2) is 46.2 Å². The number of hydrogen-bond donors (Lipinski definition) is 1. The Bertz CT molecular complexity index is 1220. The van der Waals surface area contributed by atoms with Gasteiger partial charge in [-0.15, -0.1) is 0 Å². The summed E-state index contributed by atoms with van der Waals surface area (Å²) in [5.41, 5.74) is 0.746. The Morgan fingerprint density at radius 2 is 1.94 bits per heavy atom. The van der Waals surface area contributed by atoms with Gasteiger partial charge in [-0.2, -0.15) is 4.68 Å². The van der Waals surface area contributed by atoms with Crippen LogP contribution in [0.4, 0.5) is 5.95 Å². The van der Waals surface area contributed by atoms with E-state index in [9.17, 15) is 9.59 Å². The molecule has 9 nitrogen and oxygen atoms in total.